The van der Waals surface area contributed by atoms with Gasteiger partial charge in [-0.3, -0.25) is 4.79 Å². The molecule has 3 aromatic rings. The molecule has 3 rings (SSSR count). The lowest BCUT2D eigenvalue weighted by atomic mass is 10.2. The quantitative estimate of drug-likeness (QED) is 0.585. The summed E-state index contributed by atoms with van der Waals surface area (Å²) in [5.74, 6) is 1.03. The fourth-order valence-corrected chi connectivity index (χ4v) is 2.89. The predicted octanol–water partition coefficient (Wildman–Crippen LogP) is 4.47. The first-order valence-corrected chi connectivity index (χ1v) is 9.14. The highest BCUT2D eigenvalue weighted by atomic mass is 79.9. The van der Waals surface area contributed by atoms with Crippen molar-refractivity contribution < 1.29 is 9.53 Å². The standard InChI is InChI=1S/C18H15Br2N3O2/c19-14-5-7-15(8-6-14)25-12-18(24)22-17-9-10-21-23(17)11-13-3-1-2-4-16(13)20/h1-10H,11-12H2,(H,22,24). The van der Waals surface area contributed by atoms with Gasteiger partial charge in [-0.2, -0.15) is 5.10 Å². The van der Waals surface area contributed by atoms with Crippen LogP contribution in [-0.2, 0) is 11.3 Å². The van der Waals surface area contributed by atoms with Crippen molar-refractivity contribution >= 4 is 43.6 Å². The van der Waals surface area contributed by atoms with Crippen molar-refractivity contribution in [3.05, 3.63) is 75.3 Å². The van der Waals surface area contributed by atoms with Crippen LogP contribution in [0.25, 0.3) is 0 Å². The van der Waals surface area contributed by atoms with Crippen LogP contribution >= 0.6 is 31.9 Å². The Labute approximate surface area is 162 Å². The molecule has 0 bridgehead atoms. The maximum absolute atomic E-state index is 12.1. The molecule has 0 radical (unpaired) electrons. The number of nitrogens with zero attached hydrogens (tertiary/aromatic N) is 2. The smallest absolute Gasteiger partial charge is 0.263 e. The molecule has 25 heavy (non-hydrogen) atoms. The molecule has 0 spiro atoms. The van der Waals surface area contributed by atoms with Gasteiger partial charge in [-0.25, -0.2) is 4.68 Å². The first kappa shape index (κ1) is 17.7. The molecule has 128 valence electrons. The summed E-state index contributed by atoms with van der Waals surface area (Å²) in [4.78, 5) is 12.1. The molecular weight excluding hydrogens is 450 g/mol. The summed E-state index contributed by atoms with van der Waals surface area (Å²) in [5, 5.41) is 7.09. The highest BCUT2D eigenvalue weighted by Gasteiger charge is 2.10. The maximum Gasteiger partial charge on any atom is 0.263 e. The molecule has 5 nitrogen and oxygen atoms in total. The number of rotatable bonds is 6. The van der Waals surface area contributed by atoms with Gasteiger partial charge in [0.1, 0.15) is 11.6 Å². The lowest BCUT2D eigenvalue weighted by Gasteiger charge is -2.11. The SMILES string of the molecule is O=C(COc1ccc(Br)cc1)Nc1ccnn1Cc1ccccc1Br. The molecule has 1 aromatic heterocycles. The molecule has 1 heterocycles. The number of amides is 1. The van der Waals surface area contributed by atoms with Gasteiger partial charge in [0.15, 0.2) is 6.61 Å². The van der Waals surface area contributed by atoms with Gasteiger partial charge >= 0.3 is 0 Å². The number of aromatic nitrogens is 2. The van der Waals surface area contributed by atoms with Crippen molar-refractivity contribution in [2.24, 2.45) is 0 Å². The molecule has 1 N–H and O–H groups in total. The summed E-state index contributed by atoms with van der Waals surface area (Å²) in [5.41, 5.74) is 1.08. The van der Waals surface area contributed by atoms with Crippen LogP contribution < -0.4 is 10.1 Å². The van der Waals surface area contributed by atoms with E-state index in [1.54, 1.807) is 29.1 Å². The second-order valence-electron chi connectivity index (χ2n) is 5.26. The van der Waals surface area contributed by atoms with E-state index >= 15 is 0 Å². The molecule has 0 fully saturated rings. The summed E-state index contributed by atoms with van der Waals surface area (Å²) in [7, 11) is 0. The van der Waals surface area contributed by atoms with Crippen LogP contribution in [0.2, 0.25) is 0 Å². The third-order valence-corrected chi connectivity index (χ3v) is 4.75. The number of halogens is 2. The first-order chi connectivity index (χ1) is 12.1. The highest BCUT2D eigenvalue weighted by Crippen LogP contribution is 2.19. The van der Waals surface area contributed by atoms with Crippen molar-refractivity contribution in [3.8, 4) is 5.75 Å². The second-order valence-corrected chi connectivity index (χ2v) is 7.03. The van der Waals surface area contributed by atoms with E-state index in [1.165, 1.54) is 0 Å². The number of ether oxygens (including phenoxy) is 1. The topological polar surface area (TPSA) is 56.1 Å². The first-order valence-electron chi connectivity index (χ1n) is 7.55. The van der Waals surface area contributed by atoms with E-state index in [-0.39, 0.29) is 12.5 Å². The van der Waals surface area contributed by atoms with E-state index in [0.717, 1.165) is 14.5 Å². The summed E-state index contributed by atoms with van der Waals surface area (Å²) in [6.07, 6.45) is 1.65. The van der Waals surface area contributed by atoms with E-state index < -0.39 is 0 Å². The molecule has 7 heteroatoms. The van der Waals surface area contributed by atoms with E-state index in [2.05, 4.69) is 42.3 Å². The Morgan fingerprint density at radius 1 is 1.08 bits per heavy atom. The molecule has 0 aliphatic rings. The Bertz CT molecular complexity index is 863. The Hall–Kier alpha value is -2.12. The van der Waals surface area contributed by atoms with Gasteiger partial charge in [0.25, 0.3) is 5.91 Å². The molecule has 1 amide bonds. The van der Waals surface area contributed by atoms with Crippen LogP contribution in [0, 0.1) is 0 Å². The average Bonchev–Trinajstić information content (AvgIpc) is 3.03. The number of benzene rings is 2. The van der Waals surface area contributed by atoms with Crippen molar-refractivity contribution in [2.45, 2.75) is 6.54 Å². The summed E-state index contributed by atoms with van der Waals surface area (Å²) < 4.78 is 9.17. The normalized spacial score (nSPS) is 10.5. The Balaban J connectivity index is 1.60. The molecule has 0 aliphatic carbocycles. The van der Waals surface area contributed by atoms with Gasteiger partial charge in [0.2, 0.25) is 0 Å². The van der Waals surface area contributed by atoms with Gasteiger partial charge in [-0.15, -0.1) is 0 Å². The van der Waals surface area contributed by atoms with E-state index in [4.69, 9.17) is 4.74 Å². The fourth-order valence-electron chi connectivity index (χ4n) is 2.21. The highest BCUT2D eigenvalue weighted by molar-refractivity contribution is 9.10. The van der Waals surface area contributed by atoms with Crippen LogP contribution in [0.5, 0.6) is 5.75 Å². The average molecular weight is 465 g/mol. The molecule has 0 aliphatic heterocycles. The Morgan fingerprint density at radius 3 is 2.60 bits per heavy atom. The maximum atomic E-state index is 12.1. The van der Waals surface area contributed by atoms with Gasteiger partial charge in [0.05, 0.1) is 12.7 Å². The number of hydrogen-bond donors (Lipinski definition) is 1. The van der Waals surface area contributed by atoms with Crippen LogP contribution in [0.4, 0.5) is 5.82 Å². The lowest BCUT2D eigenvalue weighted by molar-refractivity contribution is -0.118. The van der Waals surface area contributed by atoms with Crippen LogP contribution in [0.15, 0.2) is 69.7 Å². The summed E-state index contributed by atoms with van der Waals surface area (Å²) in [6, 6.07) is 17.0. The summed E-state index contributed by atoms with van der Waals surface area (Å²) in [6.45, 7) is 0.486. The van der Waals surface area contributed by atoms with E-state index in [9.17, 15) is 4.79 Å². The second kappa shape index (κ2) is 8.31. The summed E-state index contributed by atoms with van der Waals surface area (Å²) >= 11 is 6.88. The number of hydrogen-bond acceptors (Lipinski definition) is 3. The minimum atomic E-state index is -0.239. The van der Waals surface area contributed by atoms with Crippen molar-refractivity contribution in [1.82, 2.24) is 9.78 Å². The zero-order chi connectivity index (χ0) is 17.6. The van der Waals surface area contributed by atoms with Gasteiger partial charge in [-0.05, 0) is 35.9 Å². The van der Waals surface area contributed by atoms with Gasteiger partial charge in [0, 0.05) is 15.0 Å². The molecule has 0 saturated heterocycles. The monoisotopic (exact) mass is 463 g/mol. The number of carbonyl (C=O) groups excluding carboxylic acids is 1. The minimum absolute atomic E-state index is 0.0676. The molecule has 2 aromatic carbocycles. The Morgan fingerprint density at radius 2 is 1.84 bits per heavy atom. The molecule has 0 saturated carbocycles. The third-order valence-electron chi connectivity index (χ3n) is 3.45. The Kier molecular flexibility index (Phi) is 5.88. The van der Waals surface area contributed by atoms with Crippen molar-refractivity contribution in [3.63, 3.8) is 0 Å². The van der Waals surface area contributed by atoms with Crippen LogP contribution in [0.1, 0.15) is 5.56 Å². The van der Waals surface area contributed by atoms with Crippen LogP contribution in [0.3, 0.4) is 0 Å². The molecule has 0 unspecified atom stereocenters. The van der Waals surface area contributed by atoms with Crippen molar-refractivity contribution in [2.75, 3.05) is 11.9 Å². The minimum Gasteiger partial charge on any atom is -0.484 e. The predicted molar refractivity (Wildman–Crippen MR) is 104 cm³/mol. The fraction of sp³-hybridized carbons (Fsp3) is 0.111. The van der Waals surface area contributed by atoms with Gasteiger partial charge < -0.3 is 10.1 Å². The van der Waals surface area contributed by atoms with Crippen LogP contribution in [-0.4, -0.2) is 22.3 Å². The zero-order valence-corrected chi connectivity index (χ0v) is 16.3. The largest absolute Gasteiger partial charge is 0.484 e. The van der Waals surface area contributed by atoms with E-state index in [1.807, 2.05) is 36.4 Å². The third kappa shape index (κ3) is 4.93. The van der Waals surface area contributed by atoms with Gasteiger partial charge in [-0.1, -0.05) is 50.1 Å². The number of anilines is 1. The molecular formula is C18H15Br2N3O2. The number of carbonyl (C=O) groups is 1. The molecule has 0 atom stereocenters. The lowest BCUT2D eigenvalue weighted by Crippen LogP contribution is -2.22. The number of nitrogens with one attached hydrogen (secondary N) is 1. The van der Waals surface area contributed by atoms with E-state index in [0.29, 0.717) is 18.1 Å². The zero-order valence-electron chi connectivity index (χ0n) is 13.2. The van der Waals surface area contributed by atoms with Crippen molar-refractivity contribution in [1.29, 1.82) is 0 Å².